The number of barbiturate groups is 1. The second-order valence-corrected chi connectivity index (χ2v) is 6.79. The highest BCUT2D eigenvalue weighted by molar-refractivity contribution is 7.12. The van der Waals surface area contributed by atoms with Crippen molar-refractivity contribution in [2.45, 2.75) is 0 Å². The molecule has 3 rings (SSSR count). The number of ether oxygens (including phenoxy) is 2. The van der Waals surface area contributed by atoms with E-state index in [2.05, 4.69) is 0 Å². The predicted molar refractivity (Wildman–Crippen MR) is 101 cm³/mol. The normalized spacial score (nSPS) is 14.4. The molecule has 1 aromatic heterocycles. The topological polar surface area (TPSA) is 93.2 Å². The maximum Gasteiger partial charge on any atom is 0.353 e. The van der Waals surface area contributed by atoms with Crippen molar-refractivity contribution in [1.29, 1.82) is 0 Å². The number of likely N-dealkylation sites (N-methyl/N-ethyl adjacent to an activating group) is 2. The molecule has 144 valence electrons. The number of carbonyl (C=O) groups excluding carboxylic acids is 4. The third-order valence-corrected chi connectivity index (χ3v) is 4.92. The van der Waals surface area contributed by atoms with Crippen molar-refractivity contribution >= 4 is 41.2 Å². The molecular formula is C19H16N2O6S. The van der Waals surface area contributed by atoms with Gasteiger partial charge in [0.05, 0.1) is 7.11 Å². The summed E-state index contributed by atoms with van der Waals surface area (Å²) in [5.74, 6) is -1.44. The quantitative estimate of drug-likeness (QED) is 0.339. The minimum Gasteiger partial charge on any atom is -0.493 e. The molecule has 0 aliphatic carbocycles. The number of urea groups is 1. The molecule has 1 aromatic carbocycles. The third-order valence-electron chi connectivity index (χ3n) is 4.07. The van der Waals surface area contributed by atoms with Gasteiger partial charge >= 0.3 is 12.0 Å². The number of esters is 1. The second-order valence-electron chi connectivity index (χ2n) is 5.85. The fourth-order valence-corrected chi connectivity index (χ4v) is 3.14. The average molecular weight is 400 g/mol. The van der Waals surface area contributed by atoms with E-state index in [4.69, 9.17) is 9.47 Å². The summed E-state index contributed by atoms with van der Waals surface area (Å²) in [6.07, 6.45) is 1.36. The fraction of sp³-hybridized carbons (Fsp3) is 0.158. The Kier molecular flexibility index (Phi) is 5.27. The molecule has 8 nitrogen and oxygen atoms in total. The van der Waals surface area contributed by atoms with Crippen LogP contribution in [0, 0.1) is 0 Å². The number of thiophene rings is 1. The molecule has 0 N–H and O–H groups in total. The molecule has 9 heteroatoms. The van der Waals surface area contributed by atoms with E-state index < -0.39 is 23.8 Å². The lowest BCUT2D eigenvalue weighted by Gasteiger charge is -2.28. The maximum absolute atomic E-state index is 12.3. The van der Waals surface area contributed by atoms with E-state index in [1.807, 2.05) is 0 Å². The Morgan fingerprint density at radius 3 is 2.29 bits per heavy atom. The van der Waals surface area contributed by atoms with Crippen LogP contribution in [0.15, 0.2) is 41.3 Å². The number of rotatable bonds is 4. The van der Waals surface area contributed by atoms with Crippen LogP contribution in [0.5, 0.6) is 11.5 Å². The van der Waals surface area contributed by atoms with Gasteiger partial charge in [0.2, 0.25) is 0 Å². The Balaban J connectivity index is 1.90. The van der Waals surface area contributed by atoms with E-state index in [1.165, 1.54) is 50.8 Å². The van der Waals surface area contributed by atoms with E-state index >= 15 is 0 Å². The van der Waals surface area contributed by atoms with Crippen molar-refractivity contribution in [1.82, 2.24) is 9.80 Å². The SMILES string of the molecule is COc1cc(C=C2C(=O)N(C)C(=O)N(C)C2=O)ccc1OC(=O)c1cccs1. The third kappa shape index (κ3) is 3.52. The highest BCUT2D eigenvalue weighted by Gasteiger charge is 2.37. The van der Waals surface area contributed by atoms with Gasteiger partial charge in [0, 0.05) is 14.1 Å². The summed E-state index contributed by atoms with van der Waals surface area (Å²) in [6.45, 7) is 0. The zero-order valence-corrected chi connectivity index (χ0v) is 16.1. The lowest BCUT2D eigenvalue weighted by atomic mass is 10.1. The predicted octanol–water partition coefficient (Wildman–Crippen LogP) is 2.41. The van der Waals surface area contributed by atoms with Gasteiger partial charge in [-0.25, -0.2) is 9.59 Å². The van der Waals surface area contributed by atoms with Crippen LogP contribution in [-0.4, -0.2) is 54.8 Å². The summed E-state index contributed by atoms with van der Waals surface area (Å²) in [4.78, 5) is 50.7. The lowest BCUT2D eigenvalue weighted by Crippen LogP contribution is -2.52. The maximum atomic E-state index is 12.3. The van der Waals surface area contributed by atoms with Crippen molar-refractivity contribution in [3.63, 3.8) is 0 Å². The van der Waals surface area contributed by atoms with E-state index in [0.717, 1.165) is 9.80 Å². The standard InChI is InChI=1S/C19H16N2O6S/c1-20-16(22)12(17(23)21(2)19(20)25)9-11-6-7-13(14(10-11)26-3)27-18(24)15-5-4-8-28-15/h4-10H,1-3H3. The molecule has 0 bridgehead atoms. The zero-order chi connectivity index (χ0) is 20.4. The molecule has 0 unspecified atom stereocenters. The average Bonchev–Trinajstić information content (AvgIpc) is 3.24. The number of benzene rings is 1. The van der Waals surface area contributed by atoms with Crippen LogP contribution in [0.3, 0.4) is 0 Å². The van der Waals surface area contributed by atoms with Crippen molar-refractivity contribution in [2.24, 2.45) is 0 Å². The number of hydrogen-bond donors (Lipinski definition) is 0. The first-order valence-corrected chi connectivity index (χ1v) is 8.97. The molecule has 2 aromatic rings. The molecule has 0 spiro atoms. The van der Waals surface area contributed by atoms with Crippen LogP contribution in [0.2, 0.25) is 0 Å². The van der Waals surface area contributed by atoms with Crippen LogP contribution in [0.1, 0.15) is 15.2 Å². The smallest absolute Gasteiger partial charge is 0.353 e. The van der Waals surface area contributed by atoms with Crippen molar-refractivity contribution < 1.29 is 28.7 Å². The Morgan fingerprint density at radius 2 is 1.71 bits per heavy atom. The van der Waals surface area contributed by atoms with Crippen LogP contribution >= 0.6 is 11.3 Å². The number of nitrogens with zero attached hydrogens (tertiary/aromatic N) is 2. The molecule has 0 saturated carbocycles. The van der Waals surface area contributed by atoms with Gasteiger partial charge in [-0.05, 0) is 35.2 Å². The van der Waals surface area contributed by atoms with Gasteiger partial charge in [-0.3, -0.25) is 19.4 Å². The highest BCUT2D eigenvalue weighted by atomic mass is 32.1. The number of imide groups is 2. The largest absolute Gasteiger partial charge is 0.493 e. The fourth-order valence-electron chi connectivity index (χ4n) is 2.54. The van der Waals surface area contributed by atoms with Gasteiger partial charge in [-0.1, -0.05) is 12.1 Å². The first-order chi connectivity index (χ1) is 13.3. The summed E-state index contributed by atoms with van der Waals surface area (Å²) in [6, 6.07) is 7.30. The van der Waals surface area contributed by atoms with Crippen LogP contribution < -0.4 is 9.47 Å². The van der Waals surface area contributed by atoms with Gasteiger partial charge in [0.1, 0.15) is 10.5 Å². The summed E-state index contributed by atoms with van der Waals surface area (Å²) in [7, 11) is 4.01. The summed E-state index contributed by atoms with van der Waals surface area (Å²) < 4.78 is 10.6. The number of amides is 4. The van der Waals surface area contributed by atoms with Gasteiger partial charge in [0.25, 0.3) is 11.8 Å². The van der Waals surface area contributed by atoms with Crippen molar-refractivity contribution in [2.75, 3.05) is 21.2 Å². The lowest BCUT2D eigenvalue weighted by molar-refractivity contribution is -0.134. The van der Waals surface area contributed by atoms with Crippen LogP contribution in [0.25, 0.3) is 6.08 Å². The first-order valence-electron chi connectivity index (χ1n) is 8.09. The van der Waals surface area contributed by atoms with E-state index in [1.54, 1.807) is 23.6 Å². The summed E-state index contributed by atoms with van der Waals surface area (Å²) >= 11 is 1.25. The number of methoxy groups -OCH3 is 1. The molecule has 1 saturated heterocycles. The molecule has 1 fully saturated rings. The van der Waals surface area contributed by atoms with E-state index in [9.17, 15) is 19.2 Å². The van der Waals surface area contributed by atoms with Crippen LogP contribution in [0.4, 0.5) is 4.79 Å². The molecule has 0 radical (unpaired) electrons. The molecule has 1 aliphatic heterocycles. The minimum atomic E-state index is -0.694. The van der Waals surface area contributed by atoms with Gasteiger partial charge in [0.15, 0.2) is 11.5 Å². The second kappa shape index (κ2) is 7.65. The van der Waals surface area contributed by atoms with Gasteiger partial charge in [-0.15, -0.1) is 11.3 Å². The first kappa shape index (κ1) is 19.3. The molecule has 1 aliphatic rings. The van der Waals surface area contributed by atoms with Crippen LogP contribution in [-0.2, 0) is 9.59 Å². The van der Waals surface area contributed by atoms with Crippen molar-refractivity contribution in [3.8, 4) is 11.5 Å². The molecule has 0 atom stereocenters. The van der Waals surface area contributed by atoms with E-state index in [-0.39, 0.29) is 17.1 Å². The number of carbonyl (C=O) groups is 4. The van der Waals surface area contributed by atoms with Crippen molar-refractivity contribution in [3.05, 3.63) is 51.7 Å². The molecule has 28 heavy (non-hydrogen) atoms. The van der Waals surface area contributed by atoms with Gasteiger partial charge < -0.3 is 9.47 Å². The Hall–Kier alpha value is -3.46. The zero-order valence-electron chi connectivity index (χ0n) is 15.3. The van der Waals surface area contributed by atoms with E-state index in [0.29, 0.717) is 10.4 Å². The summed E-state index contributed by atoms with van der Waals surface area (Å²) in [5.41, 5.74) is 0.315. The Morgan fingerprint density at radius 1 is 1.04 bits per heavy atom. The number of hydrogen-bond acceptors (Lipinski definition) is 7. The Labute approximate surface area is 164 Å². The van der Waals surface area contributed by atoms with Gasteiger partial charge in [-0.2, -0.15) is 0 Å². The molecule has 4 amide bonds. The Bertz CT molecular complexity index is 970. The molecule has 2 heterocycles. The minimum absolute atomic E-state index is 0.157. The summed E-state index contributed by atoms with van der Waals surface area (Å²) in [5, 5.41) is 1.76. The molecular weight excluding hydrogens is 384 g/mol. The monoisotopic (exact) mass is 400 g/mol. The highest BCUT2D eigenvalue weighted by Crippen LogP contribution is 2.30.